The summed E-state index contributed by atoms with van der Waals surface area (Å²) >= 11 is 0. The highest BCUT2D eigenvalue weighted by Gasteiger charge is 2.32. The molecule has 4 nitrogen and oxygen atoms in total. The van der Waals surface area contributed by atoms with Gasteiger partial charge in [-0.05, 0) is 40.5 Å². The topological polar surface area (TPSA) is 55.8 Å². The van der Waals surface area contributed by atoms with Crippen LogP contribution in [0.1, 0.15) is 47.0 Å². The largest absolute Gasteiger partial charge is 0.469 e. The Labute approximate surface area is 109 Å². The molecule has 1 fully saturated rings. The summed E-state index contributed by atoms with van der Waals surface area (Å²) in [6.07, 6.45) is 1.22. The molecule has 0 aliphatic heterocycles. The maximum atomic E-state index is 11.3. The molecule has 0 saturated heterocycles. The molecule has 104 valence electrons. The van der Waals surface area contributed by atoms with E-state index in [9.17, 15) is 9.90 Å². The Morgan fingerprint density at radius 1 is 1.44 bits per heavy atom. The standard InChI is InChI=1S/C14H24O4/c1-9(6-12(15)18-14(2,3)4)10-7-11(8-10)13(16)17-5/h11-12,15H,6-8H2,1-5H3. The number of allylic oxidation sites excluding steroid dienone is 1. The third-order valence-corrected chi connectivity index (χ3v) is 3.09. The minimum absolute atomic E-state index is 0.000581. The number of carbonyl (C=O) groups excluding carboxylic acids is 1. The zero-order valence-electron chi connectivity index (χ0n) is 11.9. The van der Waals surface area contributed by atoms with Gasteiger partial charge >= 0.3 is 5.97 Å². The molecule has 1 rings (SSSR count). The van der Waals surface area contributed by atoms with E-state index >= 15 is 0 Å². The highest BCUT2D eigenvalue weighted by Crippen LogP contribution is 2.37. The molecular formula is C14H24O4. The second-order valence-corrected chi connectivity index (χ2v) is 5.90. The van der Waals surface area contributed by atoms with Gasteiger partial charge in [-0.15, -0.1) is 0 Å². The lowest BCUT2D eigenvalue weighted by Gasteiger charge is -2.30. The molecule has 0 bridgehead atoms. The van der Waals surface area contributed by atoms with Gasteiger partial charge in [0.25, 0.3) is 0 Å². The fourth-order valence-electron chi connectivity index (χ4n) is 2.07. The Bertz CT molecular complexity index is 330. The fraction of sp³-hybridized carbons (Fsp3) is 0.786. The summed E-state index contributed by atoms with van der Waals surface area (Å²) in [6.45, 7) is 7.72. The summed E-state index contributed by atoms with van der Waals surface area (Å²) in [5, 5.41) is 9.80. The Balaban J connectivity index is 2.43. The third-order valence-electron chi connectivity index (χ3n) is 3.09. The number of hydrogen-bond donors (Lipinski definition) is 1. The number of hydrogen-bond acceptors (Lipinski definition) is 4. The summed E-state index contributed by atoms with van der Waals surface area (Å²) in [4.78, 5) is 11.3. The van der Waals surface area contributed by atoms with Gasteiger partial charge in [0.15, 0.2) is 6.29 Å². The molecule has 1 aliphatic carbocycles. The molecule has 0 heterocycles. The maximum Gasteiger partial charge on any atom is 0.309 e. The highest BCUT2D eigenvalue weighted by atomic mass is 16.6. The van der Waals surface area contributed by atoms with Crippen LogP contribution in [0.3, 0.4) is 0 Å². The minimum atomic E-state index is -0.783. The van der Waals surface area contributed by atoms with Crippen LogP contribution in [0, 0.1) is 5.92 Å². The maximum absolute atomic E-state index is 11.3. The normalized spacial score (nSPS) is 21.2. The number of ether oxygens (including phenoxy) is 2. The Morgan fingerprint density at radius 2 is 2.00 bits per heavy atom. The fourth-order valence-corrected chi connectivity index (χ4v) is 2.07. The summed E-state index contributed by atoms with van der Waals surface area (Å²) < 4.78 is 10.1. The Kier molecular flexibility index (Phi) is 4.93. The van der Waals surface area contributed by atoms with E-state index in [-0.39, 0.29) is 17.5 Å². The summed E-state index contributed by atoms with van der Waals surface area (Å²) in [5.41, 5.74) is 2.01. The summed E-state index contributed by atoms with van der Waals surface area (Å²) in [5.74, 6) is -0.140. The Hall–Kier alpha value is -0.870. The number of aliphatic hydroxyl groups excluding tert-OH is 1. The molecule has 1 unspecified atom stereocenters. The highest BCUT2D eigenvalue weighted by molar-refractivity contribution is 5.74. The quantitative estimate of drug-likeness (QED) is 0.477. The van der Waals surface area contributed by atoms with Gasteiger partial charge in [-0.1, -0.05) is 11.1 Å². The van der Waals surface area contributed by atoms with Crippen LogP contribution in [0.15, 0.2) is 11.1 Å². The molecule has 0 radical (unpaired) electrons. The second kappa shape index (κ2) is 5.85. The molecule has 0 amide bonds. The van der Waals surface area contributed by atoms with Crippen LogP contribution >= 0.6 is 0 Å². The van der Waals surface area contributed by atoms with Crippen LogP contribution in [0.4, 0.5) is 0 Å². The predicted octanol–water partition coefficient (Wildman–Crippen LogP) is 2.41. The first kappa shape index (κ1) is 15.2. The summed E-state index contributed by atoms with van der Waals surface area (Å²) in [7, 11) is 1.41. The zero-order chi connectivity index (χ0) is 13.9. The molecule has 1 atom stereocenters. The average molecular weight is 256 g/mol. The van der Waals surface area contributed by atoms with Gasteiger partial charge in [-0.2, -0.15) is 0 Å². The lowest BCUT2D eigenvalue weighted by atomic mass is 9.77. The van der Waals surface area contributed by atoms with Gasteiger partial charge in [0.1, 0.15) is 0 Å². The number of aliphatic hydroxyl groups is 1. The van der Waals surface area contributed by atoms with Crippen LogP contribution in [-0.4, -0.2) is 30.1 Å². The first-order valence-corrected chi connectivity index (χ1v) is 6.34. The van der Waals surface area contributed by atoms with Crippen LogP contribution in [0.5, 0.6) is 0 Å². The molecular weight excluding hydrogens is 232 g/mol. The summed E-state index contributed by atoms with van der Waals surface area (Å²) in [6, 6.07) is 0. The third kappa shape index (κ3) is 4.42. The van der Waals surface area contributed by atoms with E-state index in [1.54, 1.807) is 0 Å². The van der Waals surface area contributed by atoms with E-state index < -0.39 is 6.29 Å². The van der Waals surface area contributed by atoms with Gasteiger partial charge in [-0.25, -0.2) is 0 Å². The molecule has 4 heteroatoms. The van der Waals surface area contributed by atoms with Crippen molar-refractivity contribution in [1.29, 1.82) is 0 Å². The van der Waals surface area contributed by atoms with E-state index in [0.717, 1.165) is 18.4 Å². The van der Waals surface area contributed by atoms with Crippen LogP contribution in [0.25, 0.3) is 0 Å². The van der Waals surface area contributed by atoms with Crippen molar-refractivity contribution in [2.24, 2.45) is 5.92 Å². The van der Waals surface area contributed by atoms with Crippen LogP contribution in [0.2, 0.25) is 0 Å². The molecule has 1 N–H and O–H groups in total. The van der Waals surface area contributed by atoms with Gasteiger partial charge in [0.2, 0.25) is 0 Å². The molecule has 0 aromatic heterocycles. The molecule has 1 saturated carbocycles. The lowest BCUT2D eigenvalue weighted by Crippen LogP contribution is -2.29. The van der Waals surface area contributed by atoms with E-state index in [1.807, 2.05) is 27.7 Å². The van der Waals surface area contributed by atoms with Gasteiger partial charge in [-0.3, -0.25) is 4.79 Å². The van der Waals surface area contributed by atoms with Gasteiger partial charge < -0.3 is 14.6 Å². The number of methoxy groups -OCH3 is 1. The van der Waals surface area contributed by atoms with Crippen LogP contribution < -0.4 is 0 Å². The van der Waals surface area contributed by atoms with Crippen molar-refractivity contribution in [3.8, 4) is 0 Å². The average Bonchev–Trinajstić information content (AvgIpc) is 2.11. The lowest BCUT2D eigenvalue weighted by molar-refractivity contribution is -0.164. The number of carbonyl (C=O) groups is 1. The molecule has 0 aromatic carbocycles. The van der Waals surface area contributed by atoms with Crippen molar-refractivity contribution < 1.29 is 19.4 Å². The van der Waals surface area contributed by atoms with Crippen molar-refractivity contribution >= 4 is 5.97 Å². The molecule has 1 aliphatic rings. The van der Waals surface area contributed by atoms with E-state index in [1.165, 1.54) is 12.7 Å². The molecule has 0 aromatic rings. The SMILES string of the molecule is COC(=O)C1CC(=C(C)CC(O)OC(C)(C)C)C1. The van der Waals surface area contributed by atoms with E-state index in [0.29, 0.717) is 6.42 Å². The van der Waals surface area contributed by atoms with Gasteiger partial charge in [0, 0.05) is 6.42 Å². The Morgan fingerprint density at radius 3 is 2.44 bits per heavy atom. The number of esters is 1. The number of rotatable bonds is 4. The smallest absolute Gasteiger partial charge is 0.309 e. The molecule has 18 heavy (non-hydrogen) atoms. The van der Waals surface area contributed by atoms with Gasteiger partial charge in [0.05, 0.1) is 18.6 Å². The van der Waals surface area contributed by atoms with Crippen molar-refractivity contribution in [2.75, 3.05) is 7.11 Å². The molecule has 0 spiro atoms. The first-order chi connectivity index (χ1) is 8.23. The van der Waals surface area contributed by atoms with E-state index in [4.69, 9.17) is 9.47 Å². The predicted molar refractivity (Wildman–Crippen MR) is 68.9 cm³/mol. The van der Waals surface area contributed by atoms with Crippen LogP contribution in [-0.2, 0) is 14.3 Å². The van der Waals surface area contributed by atoms with Crippen molar-refractivity contribution in [2.45, 2.75) is 58.8 Å². The van der Waals surface area contributed by atoms with Crippen molar-refractivity contribution in [3.63, 3.8) is 0 Å². The second-order valence-electron chi connectivity index (χ2n) is 5.90. The van der Waals surface area contributed by atoms with E-state index in [2.05, 4.69) is 0 Å². The van der Waals surface area contributed by atoms with Crippen molar-refractivity contribution in [1.82, 2.24) is 0 Å². The minimum Gasteiger partial charge on any atom is -0.469 e. The van der Waals surface area contributed by atoms with Crippen molar-refractivity contribution in [3.05, 3.63) is 11.1 Å². The first-order valence-electron chi connectivity index (χ1n) is 6.34. The zero-order valence-corrected chi connectivity index (χ0v) is 11.9. The monoisotopic (exact) mass is 256 g/mol.